The van der Waals surface area contributed by atoms with Gasteiger partial charge in [0.2, 0.25) is 0 Å². The summed E-state index contributed by atoms with van der Waals surface area (Å²) in [6.45, 7) is 0.238. The van der Waals surface area contributed by atoms with E-state index < -0.39 is 16.6 Å². The largest absolute Gasteiger partial charge is 0.358 e. The minimum Gasteiger partial charge on any atom is -0.358 e. The smallest absolute Gasteiger partial charge is 0.343 e. The summed E-state index contributed by atoms with van der Waals surface area (Å²) in [5.74, 6) is -1.03. The lowest BCUT2D eigenvalue weighted by Crippen LogP contribution is -2.13. The number of H-pyrrole nitrogens is 1. The molecule has 134 valence electrons. The predicted molar refractivity (Wildman–Crippen MR) is 96.0 cm³/mol. The number of amides is 1. The van der Waals surface area contributed by atoms with Crippen LogP contribution in [0.5, 0.6) is 0 Å². The first kappa shape index (κ1) is 18.2. The zero-order valence-electron chi connectivity index (χ0n) is 12.7. The summed E-state index contributed by atoms with van der Waals surface area (Å²) in [5, 5.41) is 24.0. The van der Waals surface area contributed by atoms with Gasteiger partial charge in [-0.15, -0.1) is 5.10 Å². The summed E-state index contributed by atoms with van der Waals surface area (Å²) in [5.41, 5.74) is 0.479. The Hall–Kier alpha value is -2.62. The molecule has 0 aliphatic heterocycles. The van der Waals surface area contributed by atoms with E-state index >= 15 is 0 Å². The number of halogens is 3. The number of anilines is 1. The summed E-state index contributed by atoms with van der Waals surface area (Å²) in [4.78, 5) is 22.0. The standard InChI is InChI=1S/C14H9Cl3N6O3/c15-8-2-1-3-9(16)7(8)5-22-6-10(17)13(21-22)18-14(24)11-4-12(20-19-11)23(25)26/h1-4,6H,5H2,(H,19,20)(H,18,21,24). The molecule has 2 N–H and O–H groups in total. The molecule has 1 amide bonds. The van der Waals surface area contributed by atoms with E-state index in [1.54, 1.807) is 18.2 Å². The summed E-state index contributed by atoms with van der Waals surface area (Å²) >= 11 is 18.3. The number of rotatable bonds is 5. The fraction of sp³-hybridized carbons (Fsp3) is 0.0714. The highest BCUT2D eigenvalue weighted by molar-refractivity contribution is 6.36. The molecule has 0 aliphatic rings. The van der Waals surface area contributed by atoms with Crippen LogP contribution >= 0.6 is 34.8 Å². The maximum absolute atomic E-state index is 12.1. The molecule has 0 atom stereocenters. The van der Waals surface area contributed by atoms with Crippen molar-refractivity contribution in [1.29, 1.82) is 0 Å². The Morgan fingerprint density at radius 2 is 1.96 bits per heavy atom. The molecule has 3 rings (SSSR count). The van der Waals surface area contributed by atoms with E-state index in [1.807, 2.05) is 0 Å². The number of nitrogens with one attached hydrogen (secondary N) is 2. The number of hydrogen-bond acceptors (Lipinski definition) is 5. The lowest BCUT2D eigenvalue weighted by molar-refractivity contribution is -0.389. The van der Waals surface area contributed by atoms with Crippen molar-refractivity contribution in [2.45, 2.75) is 6.54 Å². The van der Waals surface area contributed by atoms with Gasteiger partial charge < -0.3 is 15.4 Å². The molecule has 0 radical (unpaired) electrons. The topological polar surface area (TPSA) is 119 Å². The second-order valence-electron chi connectivity index (χ2n) is 5.07. The van der Waals surface area contributed by atoms with Crippen LogP contribution in [0.4, 0.5) is 11.6 Å². The molecule has 2 aromatic heterocycles. The lowest BCUT2D eigenvalue weighted by atomic mass is 10.2. The number of carbonyl (C=O) groups is 1. The van der Waals surface area contributed by atoms with Gasteiger partial charge in [-0.2, -0.15) is 5.10 Å². The number of nitrogens with zero attached hydrogens (tertiary/aromatic N) is 4. The molecule has 0 spiro atoms. The van der Waals surface area contributed by atoms with Crippen molar-refractivity contribution in [3.05, 3.63) is 66.9 Å². The summed E-state index contributed by atoms with van der Waals surface area (Å²) in [7, 11) is 0. The van der Waals surface area contributed by atoms with Crippen LogP contribution in [0, 0.1) is 10.1 Å². The van der Waals surface area contributed by atoms with Gasteiger partial charge in [0.25, 0.3) is 5.91 Å². The number of hydrogen-bond donors (Lipinski definition) is 2. The van der Waals surface area contributed by atoms with Crippen molar-refractivity contribution < 1.29 is 9.72 Å². The van der Waals surface area contributed by atoms with Crippen LogP contribution in [0.25, 0.3) is 0 Å². The van der Waals surface area contributed by atoms with Gasteiger partial charge in [-0.05, 0) is 17.1 Å². The molecule has 1 aromatic carbocycles. The van der Waals surface area contributed by atoms with E-state index in [9.17, 15) is 14.9 Å². The number of aromatic nitrogens is 4. The minimum absolute atomic E-state index is 0.0745. The summed E-state index contributed by atoms with van der Waals surface area (Å²) in [6.07, 6.45) is 1.49. The van der Waals surface area contributed by atoms with E-state index in [-0.39, 0.29) is 23.1 Å². The molecule has 9 nitrogen and oxygen atoms in total. The molecule has 26 heavy (non-hydrogen) atoms. The van der Waals surface area contributed by atoms with Crippen LogP contribution in [-0.2, 0) is 6.54 Å². The minimum atomic E-state index is -0.697. The van der Waals surface area contributed by atoms with Gasteiger partial charge >= 0.3 is 5.82 Å². The zero-order chi connectivity index (χ0) is 18.8. The number of aromatic amines is 1. The van der Waals surface area contributed by atoms with Crippen molar-refractivity contribution in [1.82, 2.24) is 20.0 Å². The van der Waals surface area contributed by atoms with Crippen LogP contribution in [0.1, 0.15) is 16.1 Å². The average Bonchev–Trinajstić information content (AvgIpc) is 3.19. The third kappa shape index (κ3) is 3.79. The van der Waals surface area contributed by atoms with Gasteiger partial charge in [0, 0.05) is 21.8 Å². The monoisotopic (exact) mass is 414 g/mol. The van der Waals surface area contributed by atoms with Gasteiger partial charge in [-0.3, -0.25) is 9.48 Å². The van der Waals surface area contributed by atoms with Crippen LogP contribution in [-0.4, -0.2) is 30.8 Å². The van der Waals surface area contributed by atoms with Crippen molar-refractivity contribution in [3.63, 3.8) is 0 Å². The molecule has 0 unspecified atom stereocenters. The fourth-order valence-corrected chi connectivity index (χ4v) is 2.82. The first-order valence-electron chi connectivity index (χ1n) is 7.02. The van der Waals surface area contributed by atoms with Gasteiger partial charge in [-0.25, -0.2) is 0 Å². The first-order chi connectivity index (χ1) is 12.3. The Bertz CT molecular complexity index is 979. The van der Waals surface area contributed by atoms with E-state index in [0.29, 0.717) is 15.6 Å². The number of benzene rings is 1. The molecule has 12 heteroatoms. The van der Waals surface area contributed by atoms with Gasteiger partial charge in [-0.1, -0.05) is 46.0 Å². The van der Waals surface area contributed by atoms with Crippen LogP contribution in [0.3, 0.4) is 0 Å². The summed E-state index contributed by atoms with van der Waals surface area (Å²) in [6, 6.07) is 6.12. The van der Waals surface area contributed by atoms with E-state index in [0.717, 1.165) is 6.07 Å². The number of nitro groups is 1. The van der Waals surface area contributed by atoms with Gasteiger partial charge in [0.05, 0.1) is 12.6 Å². The van der Waals surface area contributed by atoms with Crippen molar-refractivity contribution in [2.24, 2.45) is 0 Å². The maximum Gasteiger partial charge on any atom is 0.343 e. The quantitative estimate of drug-likeness (QED) is 0.485. The van der Waals surface area contributed by atoms with Crippen molar-refractivity contribution in [2.75, 3.05) is 5.32 Å². The zero-order valence-corrected chi connectivity index (χ0v) is 15.0. The Labute approximate surface area is 161 Å². The molecule has 0 fully saturated rings. The first-order valence-corrected chi connectivity index (χ1v) is 8.15. The molecule has 2 heterocycles. The molecule has 0 saturated carbocycles. The summed E-state index contributed by atoms with van der Waals surface area (Å²) < 4.78 is 1.46. The third-order valence-electron chi connectivity index (χ3n) is 3.32. The highest BCUT2D eigenvalue weighted by Crippen LogP contribution is 2.27. The van der Waals surface area contributed by atoms with Crippen LogP contribution in [0.15, 0.2) is 30.5 Å². The Morgan fingerprint density at radius 3 is 2.58 bits per heavy atom. The second kappa shape index (κ2) is 7.32. The molecule has 0 saturated heterocycles. The lowest BCUT2D eigenvalue weighted by Gasteiger charge is -2.06. The predicted octanol–water partition coefficient (Wildman–Crippen LogP) is 3.78. The van der Waals surface area contributed by atoms with Crippen molar-refractivity contribution in [3.8, 4) is 0 Å². The normalized spacial score (nSPS) is 10.7. The van der Waals surface area contributed by atoms with Crippen molar-refractivity contribution >= 4 is 52.3 Å². The van der Waals surface area contributed by atoms with E-state index in [2.05, 4.69) is 20.6 Å². The Balaban J connectivity index is 1.77. The SMILES string of the molecule is O=C(Nc1nn(Cc2c(Cl)cccc2Cl)cc1Cl)c1cc([N+](=O)[O-])[nH]n1. The Kier molecular flexibility index (Phi) is 5.12. The fourth-order valence-electron chi connectivity index (χ4n) is 2.10. The van der Waals surface area contributed by atoms with Crippen LogP contribution < -0.4 is 5.32 Å². The average molecular weight is 416 g/mol. The van der Waals surface area contributed by atoms with Crippen LogP contribution in [0.2, 0.25) is 15.1 Å². The highest BCUT2D eigenvalue weighted by Gasteiger charge is 2.19. The van der Waals surface area contributed by atoms with E-state index in [1.165, 1.54) is 10.9 Å². The molecular weight excluding hydrogens is 407 g/mol. The number of carbonyl (C=O) groups excluding carboxylic acids is 1. The molecule has 3 aromatic rings. The molecule has 0 aliphatic carbocycles. The second-order valence-corrected chi connectivity index (χ2v) is 6.29. The molecule has 0 bridgehead atoms. The Morgan fingerprint density at radius 1 is 1.27 bits per heavy atom. The molecular formula is C14H9Cl3N6O3. The third-order valence-corrected chi connectivity index (χ3v) is 4.31. The van der Waals surface area contributed by atoms with Gasteiger partial charge in [0.1, 0.15) is 5.02 Å². The maximum atomic E-state index is 12.1. The highest BCUT2D eigenvalue weighted by atomic mass is 35.5. The van der Waals surface area contributed by atoms with Gasteiger partial charge in [0.15, 0.2) is 11.5 Å². The van der Waals surface area contributed by atoms with E-state index in [4.69, 9.17) is 34.8 Å².